The fourth-order valence-electron chi connectivity index (χ4n) is 2.28. The van der Waals surface area contributed by atoms with Gasteiger partial charge in [-0.15, -0.1) is 0 Å². The Balaban J connectivity index is 1.93. The Morgan fingerprint density at radius 3 is 2.62 bits per heavy atom. The summed E-state index contributed by atoms with van der Waals surface area (Å²) in [4.78, 5) is 0. The summed E-state index contributed by atoms with van der Waals surface area (Å²) in [5, 5.41) is 12.3. The minimum absolute atomic E-state index is 0.503. The summed E-state index contributed by atoms with van der Waals surface area (Å²) < 4.78 is 5.32. The van der Waals surface area contributed by atoms with Gasteiger partial charge in [-0.2, -0.15) is 5.26 Å². The van der Waals surface area contributed by atoms with Gasteiger partial charge in [-0.1, -0.05) is 37.3 Å². The van der Waals surface area contributed by atoms with E-state index in [-0.39, 0.29) is 0 Å². The molecule has 1 N–H and O–H groups in total. The number of nitriles is 1. The van der Waals surface area contributed by atoms with Crippen LogP contribution in [0.25, 0.3) is 0 Å². The monoisotopic (exact) mass is 280 g/mol. The number of hydrogen-bond donors (Lipinski definition) is 1. The number of ether oxygens (including phenoxy) is 1. The summed E-state index contributed by atoms with van der Waals surface area (Å²) >= 11 is 0. The van der Waals surface area contributed by atoms with E-state index in [0.717, 1.165) is 18.7 Å². The zero-order valence-electron chi connectivity index (χ0n) is 12.5. The number of rotatable bonds is 6. The molecule has 0 radical (unpaired) electrons. The van der Waals surface area contributed by atoms with Gasteiger partial charge in [-0.05, 0) is 30.0 Å². The first-order valence-electron chi connectivity index (χ1n) is 7.11. The third-order valence-electron chi connectivity index (χ3n) is 3.59. The van der Waals surface area contributed by atoms with Crippen LogP contribution in [0.3, 0.4) is 0 Å². The van der Waals surface area contributed by atoms with Gasteiger partial charge in [0.05, 0.1) is 24.4 Å². The zero-order chi connectivity index (χ0) is 15.1. The van der Waals surface area contributed by atoms with Gasteiger partial charge in [-0.3, -0.25) is 0 Å². The maximum Gasteiger partial charge on any atom is 0.143 e. The summed E-state index contributed by atoms with van der Waals surface area (Å²) in [6.07, 6.45) is 1.03. The maximum absolute atomic E-state index is 8.90. The minimum atomic E-state index is 0.503. The Morgan fingerprint density at radius 1 is 1.19 bits per heavy atom. The standard InChI is InChI=1S/C18H20N2O/c1-14(16-6-4-3-5-7-16)10-11-20-17-9-8-15(13-19)12-18(17)21-2/h3-9,12,14,20H,10-11H2,1-2H3. The van der Waals surface area contributed by atoms with Gasteiger partial charge in [0.25, 0.3) is 0 Å². The molecule has 0 bridgehead atoms. The average molecular weight is 280 g/mol. The lowest BCUT2D eigenvalue weighted by atomic mass is 9.98. The van der Waals surface area contributed by atoms with Crippen molar-refractivity contribution in [3.05, 3.63) is 59.7 Å². The summed E-state index contributed by atoms with van der Waals surface area (Å²) in [7, 11) is 1.62. The molecule has 0 heterocycles. The summed E-state index contributed by atoms with van der Waals surface area (Å²) in [6.45, 7) is 3.09. The third kappa shape index (κ3) is 4.00. The smallest absolute Gasteiger partial charge is 0.143 e. The Kier molecular flexibility index (Phi) is 5.22. The van der Waals surface area contributed by atoms with Crippen molar-refractivity contribution in [2.45, 2.75) is 19.3 Å². The highest BCUT2D eigenvalue weighted by Crippen LogP contribution is 2.26. The Bertz CT molecular complexity index is 617. The van der Waals surface area contributed by atoms with Gasteiger partial charge >= 0.3 is 0 Å². The van der Waals surface area contributed by atoms with Crippen LogP contribution in [-0.4, -0.2) is 13.7 Å². The maximum atomic E-state index is 8.90. The van der Waals surface area contributed by atoms with Gasteiger partial charge in [0.15, 0.2) is 0 Å². The second kappa shape index (κ2) is 7.35. The van der Waals surface area contributed by atoms with Crippen molar-refractivity contribution in [1.82, 2.24) is 0 Å². The second-order valence-electron chi connectivity index (χ2n) is 5.05. The van der Waals surface area contributed by atoms with E-state index in [1.807, 2.05) is 12.1 Å². The topological polar surface area (TPSA) is 45.0 Å². The molecule has 3 nitrogen and oxygen atoms in total. The quantitative estimate of drug-likeness (QED) is 0.863. The Hall–Kier alpha value is -2.47. The summed E-state index contributed by atoms with van der Waals surface area (Å²) in [5.41, 5.74) is 2.89. The molecule has 0 fully saturated rings. The van der Waals surface area contributed by atoms with E-state index >= 15 is 0 Å². The van der Waals surface area contributed by atoms with Gasteiger partial charge < -0.3 is 10.1 Å². The lowest BCUT2D eigenvalue weighted by molar-refractivity contribution is 0.416. The average Bonchev–Trinajstić information content (AvgIpc) is 2.55. The molecule has 0 aliphatic carbocycles. The fraction of sp³-hybridized carbons (Fsp3) is 0.278. The highest BCUT2D eigenvalue weighted by Gasteiger charge is 2.07. The van der Waals surface area contributed by atoms with Crippen molar-refractivity contribution >= 4 is 5.69 Å². The van der Waals surface area contributed by atoms with Crippen molar-refractivity contribution in [1.29, 1.82) is 5.26 Å². The fourth-order valence-corrected chi connectivity index (χ4v) is 2.28. The molecule has 0 saturated heterocycles. The number of nitrogens with one attached hydrogen (secondary N) is 1. The molecule has 0 aliphatic heterocycles. The van der Waals surface area contributed by atoms with Crippen LogP contribution in [0.1, 0.15) is 30.4 Å². The minimum Gasteiger partial charge on any atom is -0.495 e. The zero-order valence-corrected chi connectivity index (χ0v) is 12.5. The predicted molar refractivity (Wildman–Crippen MR) is 85.7 cm³/mol. The van der Waals surface area contributed by atoms with E-state index < -0.39 is 0 Å². The molecule has 0 aliphatic rings. The Labute approximate surface area is 126 Å². The van der Waals surface area contributed by atoms with Crippen LogP contribution in [0, 0.1) is 11.3 Å². The van der Waals surface area contributed by atoms with Crippen molar-refractivity contribution in [3.8, 4) is 11.8 Å². The molecule has 3 heteroatoms. The number of benzene rings is 2. The first-order valence-corrected chi connectivity index (χ1v) is 7.11. The molecule has 0 spiro atoms. The highest BCUT2D eigenvalue weighted by atomic mass is 16.5. The van der Waals surface area contributed by atoms with Gasteiger partial charge in [0.2, 0.25) is 0 Å². The predicted octanol–water partition coefficient (Wildman–Crippen LogP) is 4.17. The number of methoxy groups -OCH3 is 1. The van der Waals surface area contributed by atoms with E-state index in [2.05, 4.69) is 42.6 Å². The van der Waals surface area contributed by atoms with Gasteiger partial charge in [0, 0.05) is 12.6 Å². The molecule has 108 valence electrons. The van der Waals surface area contributed by atoms with E-state index in [9.17, 15) is 0 Å². The molecule has 2 rings (SSSR count). The van der Waals surface area contributed by atoms with Crippen LogP contribution in [0.5, 0.6) is 5.75 Å². The van der Waals surface area contributed by atoms with Crippen molar-refractivity contribution in [2.75, 3.05) is 19.0 Å². The van der Waals surface area contributed by atoms with Crippen LogP contribution in [-0.2, 0) is 0 Å². The van der Waals surface area contributed by atoms with Crippen LogP contribution in [0.15, 0.2) is 48.5 Å². The van der Waals surface area contributed by atoms with E-state index in [1.54, 1.807) is 19.2 Å². The van der Waals surface area contributed by atoms with Crippen molar-refractivity contribution in [2.24, 2.45) is 0 Å². The largest absolute Gasteiger partial charge is 0.495 e. The van der Waals surface area contributed by atoms with Gasteiger partial charge in [0.1, 0.15) is 5.75 Å². The van der Waals surface area contributed by atoms with Crippen molar-refractivity contribution in [3.63, 3.8) is 0 Å². The first kappa shape index (κ1) is 14.9. The molecule has 0 amide bonds. The number of anilines is 1. The second-order valence-corrected chi connectivity index (χ2v) is 5.05. The molecule has 1 atom stereocenters. The third-order valence-corrected chi connectivity index (χ3v) is 3.59. The molecule has 1 unspecified atom stereocenters. The lowest BCUT2D eigenvalue weighted by Crippen LogP contribution is -2.07. The van der Waals surface area contributed by atoms with Crippen LogP contribution in [0.2, 0.25) is 0 Å². The number of hydrogen-bond acceptors (Lipinski definition) is 3. The molecule has 21 heavy (non-hydrogen) atoms. The highest BCUT2D eigenvalue weighted by molar-refractivity contribution is 5.59. The van der Waals surface area contributed by atoms with E-state index in [4.69, 9.17) is 10.00 Å². The normalized spacial score (nSPS) is 11.5. The van der Waals surface area contributed by atoms with Gasteiger partial charge in [-0.25, -0.2) is 0 Å². The molecular weight excluding hydrogens is 260 g/mol. The van der Waals surface area contributed by atoms with Crippen LogP contribution in [0.4, 0.5) is 5.69 Å². The Morgan fingerprint density at radius 2 is 1.95 bits per heavy atom. The number of nitrogens with zero attached hydrogens (tertiary/aromatic N) is 1. The first-order chi connectivity index (χ1) is 10.2. The molecular formula is C18H20N2O. The lowest BCUT2D eigenvalue weighted by Gasteiger charge is -2.15. The molecule has 0 aromatic heterocycles. The van der Waals surface area contributed by atoms with E-state index in [0.29, 0.717) is 17.2 Å². The van der Waals surface area contributed by atoms with Crippen LogP contribution >= 0.6 is 0 Å². The molecule has 2 aromatic carbocycles. The SMILES string of the molecule is COc1cc(C#N)ccc1NCCC(C)c1ccccc1. The molecule has 2 aromatic rings. The summed E-state index contributed by atoms with van der Waals surface area (Å²) in [6, 6.07) is 18.1. The summed E-state index contributed by atoms with van der Waals surface area (Å²) in [5.74, 6) is 1.21. The van der Waals surface area contributed by atoms with Crippen molar-refractivity contribution < 1.29 is 4.74 Å². The van der Waals surface area contributed by atoms with Crippen LogP contribution < -0.4 is 10.1 Å². The van der Waals surface area contributed by atoms with E-state index in [1.165, 1.54) is 5.56 Å². The molecule has 0 saturated carbocycles.